The van der Waals surface area contributed by atoms with Gasteiger partial charge in [0.15, 0.2) is 5.78 Å². The van der Waals surface area contributed by atoms with Gasteiger partial charge in [0, 0.05) is 11.8 Å². The highest BCUT2D eigenvalue weighted by Crippen LogP contribution is 2.29. The highest BCUT2D eigenvalue weighted by atomic mass is 19.1. The average molecular weight is 282 g/mol. The molecule has 3 aromatic rings. The van der Waals surface area contributed by atoms with Crippen molar-refractivity contribution < 1.29 is 13.6 Å². The summed E-state index contributed by atoms with van der Waals surface area (Å²) in [5.74, 6) is -0.185. The van der Waals surface area contributed by atoms with Gasteiger partial charge in [0.25, 0.3) is 0 Å². The molecule has 21 heavy (non-hydrogen) atoms. The van der Waals surface area contributed by atoms with Crippen LogP contribution in [0.4, 0.5) is 4.39 Å². The smallest absolute Gasteiger partial charge is 0.200 e. The zero-order chi connectivity index (χ0) is 15.0. The van der Waals surface area contributed by atoms with Gasteiger partial charge in [-0.3, -0.25) is 4.79 Å². The van der Waals surface area contributed by atoms with Crippen LogP contribution in [0, 0.1) is 12.7 Å². The largest absolute Gasteiger partial charge is 0.460 e. The number of fused-ring (bicyclic) bond motifs is 1. The van der Waals surface area contributed by atoms with Crippen LogP contribution in [0.2, 0.25) is 0 Å². The predicted octanol–water partition coefficient (Wildman–Crippen LogP) is 4.67. The number of hydrogen-bond acceptors (Lipinski definition) is 2. The topological polar surface area (TPSA) is 30.2 Å². The summed E-state index contributed by atoms with van der Waals surface area (Å²) in [6, 6.07) is 12.2. The fraction of sp³-hybridized carbons (Fsp3) is 0.167. The summed E-state index contributed by atoms with van der Waals surface area (Å²) in [6.45, 7) is 3.57. The number of rotatable bonds is 3. The van der Waals surface area contributed by atoms with Crippen molar-refractivity contribution in [3.05, 3.63) is 70.7 Å². The highest BCUT2D eigenvalue weighted by molar-refractivity contribution is 6.17. The van der Waals surface area contributed by atoms with Gasteiger partial charge in [-0.25, -0.2) is 4.39 Å². The minimum Gasteiger partial charge on any atom is -0.460 e. The maximum absolute atomic E-state index is 14.2. The van der Waals surface area contributed by atoms with Crippen LogP contribution in [0.25, 0.3) is 11.0 Å². The summed E-state index contributed by atoms with van der Waals surface area (Å²) in [5.41, 5.74) is 1.69. The molecule has 0 atom stereocenters. The SMILES string of the molecule is CCc1oc2ccccc2c1C(=O)c1cccc(C)c1F. The summed E-state index contributed by atoms with van der Waals surface area (Å²) in [5, 5.41) is 0.736. The van der Waals surface area contributed by atoms with Crippen LogP contribution in [-0.2, 0) is 6.42 Å². The number of carbonyl (C=O) groups excluding carboxylic acids is 1. The van der Waals surface area contributed by atoms with Crippen LogP contribution < -0.4 is 0 Å². The van der Waals surface area contributed by atoms with E-state index in [9.17, 15) is 9.18 Å². The second-order valence-electron chi connectivity index (χ2n) is 5.02. The van der Waals surface area contributed by atoms with Gasteiger partial charge in [0.05, 0.1) is 11.1 Å². The van der Waals surface area contributed by atoms with Crippen molar-refractivity contribution in [1.29, 1.82) is 0 Å². The third kappa shape index (κ3) is 2.15. The summed E-state index contributed by atoms with van der Waals surface area (Å²) < 4.78 is 19.9. The zero-order valence-electron chi connectivity index (χ0n) is 11.9. The minimum atomic E-state index is -0.463. The van der Waals surface area contributed by atoms with E-state index in [-0.39, 0.29) is 11.3 Å². The quantitative estimate of drug-likeness (QED) is 0.653. The molecule has 106 valence electrons. The number of furan rings is 1. The van der Waals surface area contributed by atoms with Crippen LogP contribution in [0.3, 0.4) is 0 Å². The van der Waals surface area contributed by atoms with Crippen LogP contribution in [-0.4, -0.2) is 5.78 Å². The lowest BCUT2D eigenvalue weighted by Crippen LogP contribution is -2.07. The standard InChI is InChI=1S/C18H15FO2/c1-3-14-16(12-8-4-5-10-15(12)21-14)18(20)13-9-6-7-11(2)17(13)19/h4-10H,3H2,1-2H3. The second-order valence-corrected chi connectivity index (χ2v) is 5.02. The molecule has 0 aliphatic carbocycles. The normalized spacial score (nSPS) is 11.0. The minimum absolute atomic E-state index is 0.0938. The van der Waals surface area contributed by atoms with E-state index >= 15 is 0 Å². The van der Waals surface area contributed by atoms with Gasteiger partial charge < -0.3 is 4.42 Å². The van der Waals surface area contributed by atoms with E-state index in [1.54, 1.807) is 19.1 Å². The van der Waals surface area contributed by atoms with E-state index in [4.69, 9.17) is 4.42 Å². The number of ketones is 1. The average Bonchev–Trinajstić information content (AvgIpc) is 2.88. The predicted molar refractivity (Wildman–Crippen MR) is 80.2 cm³/mol. The Balaban J connectivity index is 2.24. The molecule has 1 heterocycles. The Morgan fingerprint density at radius 3 is 2.67 bits per heavy atom. The molecule has 2 nitrogen and oxygen atoms in total. The first-order chi connectivity index (χ1) is 10.1. The van der Waals surface area contributed by atoms with Crippen molar-refractivity contribution >= 4 is 16.8 Å². The Morgan fingerprint density at radius 2 is 1.90 bits per heavy atom. The van der Waals surface area contributed by atoms with Crippen LogP contribution in [0.15, 0.2) is 46.9 Å². The number of carbonyl (C=O) groups is 1. The highest BCUT2D eigenvalue weighted by Gasteiger charge is 2.23. The molecule has 3 rings (SSSR count). The molecule has 0 saturated carbocycles. The molecule has 2 aromatic carbocycles. The monoisotopic (exact) mass is 282 g/mol. The van der Waals surface area contributed by atoms with Crippen molar-refractivity contribution in [2.24, 2.45) is 0 Å². The van der Waals surface area contributed by atoms with Gasteiger partial charge in [-0.05, 0) is 24.6 Å². The van der Waals surface area contributed by atoms with E-state index < -0.39 is 5.82 Å². The molecule has 0 bridgehead atoms. The molecule has 0 aliphatic heterocycles. The maximum Gasteiger partial charge on any atom is 0.200 e. The van der Waals surface area contributed by atoms with Gasteiger partial charge in [0.2, 0.25) is 0 Å². The Kier molecular flexibility index (Phi) is 3.34. The zero-order valence-corrected chi connectivity index (χ0v) is 11.9. The third-order valence-corrected chi connectivity index (χ3v) is 3.65. The van der Waals surface area contributed by atoms with Crippen molar-refractivity contribution in [3.8, 4) is 0 Å². The molecule has 1 aromatic heterocycles. The van der Waals surface area contributed by atoms with Gasteiger partial charge in [-0.15, -0.1) is 0 Å². The first-order valence-corrected chi connectivity index (χ1v) is 6.93. The summed E-state index contributed by atoms with van der Waals surface area (Å²) >= 11 is 0. The Hall–Kier alpha value is -2.42. The van der Waals surface area contributed by atoms with E-state index in [0.717, 1.165) is 5.39 Å². The van der Waals surface area contributed by atoms with Crippen LogP contribution in [0.1, 0.15) is 34.2 Å². The number of halogens is 1. The first kappa shape index (κ1) is 13.6. The van der Waals surface area contributed by atoms with Crippen LogP contribution in [0.5, 0.6) is 0 Å². The third-order valence-electron chi connectivity index (χ3n) is 3.65. The van der Waals surface area contributed by atoms with Crippen molar-refractivity contribution in [2.45, 2.75) is 20.3 Å². The first-order valence-electron chi connectivity index (χ1n) is 6.93. The molecule has 0 aliphatic rings. The number of benzene rings is 2. The van der Waals surface area contributed by atoms with Crippen LogP contribution >= 0.6 is 0 Å². The lowest BCUT2D eigenvalue weighted by Gasteiger charge is -2.05. The number of aryl methyl sites for hydroxylation is 2. The van der Waals surface area contributed by atoms with E-state index in [2.05, 4.69) is 0 Å². The Labute approximate surface area is 122 Å². The summed E-state index contributed by atoms with van der Waals surface area (Å²) in [6.07, 6.45) is 0.586. The van der Waals surface area contributed by atoms with E-state index in [1.807, 2.05) is 31.2 Å². The van der Waals surface area contributed by atoms with Crippen molar-refractivity contribution in [3.63, 3.8) is 0 Å². The molecule has 0 spiro atoms. The molecule has 3 heteroatoms. The summed E-state index contributed by atoms with van der Waals surface area (Å²) in [4.78, 5) is 12.8. The molecule has 0 fully saturated rings. The van der Waals surface area contributed by atoms with Crippen molar-refractivity contribution in [2.75, 3.05) is 0 Å². The molecule has 0 N–H and O–H groups in total. The molecule has 0 saturated heterocycles. The molecular formula is C18H15FO2. The van der Waals surface area contributed by atoms with Gasteiger partial charge in [-0.1, -0.05) is 37.3 Å². The second kappa shape index (κ2) is 5.17. The maximum atomic E-state index is 14.2. The van der Waals surface area contributed by atoms with E-state index in [1.165, 1.54) is 6.07 Å². The molecule has 0 amide bonds. The molecular weight excluding hydrogens is 267 g/mol. The lowest BCUT2D eigenvalue weighted by atomic mass is 9.97. The van der Waals surface area contributed by atoms with E-state index in [0.29, 0.717) is 28.9 Å². The van der Waals surface area contributed by atoms with Gasteiger partial charge >= 0.3 is 0 Å². The number of hydrogen-bond donors (Lipinski definition) is 0. The van der Waals surface area contributed by atoms with Gasteiger partial charge in [-0.2, -0.15) is 0 Å². The van der Waals surface area contributed by atoms with Gasteiger partial charge in [0.1, 0.15) is 17.2 Å². The number of para-hydroxylation sites is 1. The molecule has 0 radical (unpaired) electrons. The molecule has 0 unspecified atom stereocenters. The fourth-order valence-electron chi connectivity index (χ4n) is 2.55. The Morgan fingerprint density at radius 1 is 1.14 bits per heavy atom. The lowest BCUT2D eigenvalue weighted by molar-refractivity contribution is 0.103. The fourth-order valence-corrected chi connectivity index (χ4v) is 2.55. The Bertz CT molecular complexity index is 830. The summed E-state index contributed by atoms with van der Waals surface area (Å²) in [7, 11) is 0. The van der Waals surface area contributed by atoms with Crippen molar-refractivity contribution in [1.82, 2.24) is 0 Å².